The van der Waals surface area contributed by atoms with E-state index in [1.165, 1.54) is 19.3 Å². The zero-order chi connectivity index (χ0) is 11.9. The molecule has 0 aromatic heterocycles. The molecule has 0 spiro atoms. The Bertz CT molecular complexity index is 158. The average molecular weight is 214 g/mol. The van der Waals surface area contributed by atoms with Crippen molar-refractivity contribution in [3.63, 3.8) is 0 Å². The number of rotatable bonds is 8. The van der Waals surface area contributed by atoms with Crippen LogP contribution in [0.1, 0.15) is 66.2 Å². The topological polar surface area (TPSA) is 52.0 Å². The van der Waals surface area contributed by atoms with Crippen molar-refractivity contribution in [3.05, 3.63) is 0 Å². The molecular weight excluding hydrogens is 184 g/mol. The molecule has 0 saturated carbocycles. The lowest BCUT2D eigenvalue weighted by Crippen LogP contribution is -2.54. The van der Waals surface area contributed by atoms with Crippen molar-refractivity contribution in [3.8, 4) is 0 Å². The first kappa shape index (κ1) is 14.9. The molecule has 0 aromatic rings. The predicted octanol–water partition coefficient (Wildman–Crippen LogP) is 3.05. The quantitative estimate of drug-likeness (QED) is 0.652. The van der Waals surface area contributed by atoms with Gasteiger partial charge in [0.25, 0.3) is 0 Å². The van der Waals surface area contributed by atoms with Crippen LogP contribution in [0, 0.1) is 5.41 Å². The SMILES string of the molecule is CCC(N)(CC)C(CC)(CC)CCCN. The van der Waals surface area contributed by atoms with E-state index in [-0.39, 0.29) is 11.0 Å². The third kappa shape index (κ3) is 2.94. The molecule has 0 amide bonds. The zero-order valence-corrected chi connectivity index (χ0v) is 11.1. The minimum absolute atomic E-state index is 0.00826. The lowest BCUT2D eigenvalue weighted by Gasteiger charge is -2.48. The van der Waals surface area contributed by atoms with Gasteiger partial charge in [0.1, 0.15) is 0 Å². The van der Waals surface area contributed by atoms with Crippen molar-refractivity contribution in [1.29, 1.82) is 0 Å². The zero-order valence-electron chi connectivity index (χ0n) is 11.1. The first-order chi connectivity index (χ1) is 7.05. The Labute approximate surface area is 95.8 Å². The summed E-state index contributed by atoms with van der Waals surface area (Å²) < 4.78 is 0. The maximum Gasteiger partial charge on any atom is 0.0205 e. The molecule has 2 heteroatoms. The molecule has 2 nitrogen and oxygen atoms in total. The molecule has 0 rings (SSSR count). The van der Waals surface area contributed by atoms with Gasteiger partial charge in [0, 0.05) is 5.54 Å². The van der Waals surface area contributed by atoms with Crippen LogP contribution in [0.5, 0.6) is 0 Å². The van der Waals surface area contributed by atoms with Crippen LogP contribution in [0.2, 0.25) is 0 Å². The highest BCUT2D eigenvalue weighted by atomic mass is 14.8. The van der Waals surface area contributed by atoms with E-state index in [2.05, 4.69) is 27.7 Å². The van der Waals surface area contributed by atoms with Crippen LogP contribution in [0.25, 0.3) is 0 Å². The number of hydrogen-bond donors (Lipinski definition) is 2. The standard InChI is InChI=1S/C13H30N2/c1-5-12(6-2,10-9-11-14)13(15,7-3)8-4/h5-11,14-15H2,1-4H3. The molecule has 0 fully saturated rings. The Morgan fingerprint density at radius 1 is 0.867 bits per heavy atom. The van der Waals surface area contributed by atoms with Crippen molar-refractivity contribution in [2.45, 2.75) is 71.8 Å². The second-order valence-electron chi connectivity index (χ2n) is 4.74. The summed E-state index contributed by atoms with van der Waals surface area (Å²) in [5.74, 6) is 0. The molecule has 15 heavy (non-hydrogen) atoms. The minimum Gasteiger partial charge on any atom is -0.330 e. The summed E-state index contributed by atoms with van der Waals surface area (Å²) in [6.45, 7) is 9.75. The van der Waals surface area contributed by atoms with E-state index in [1.807, 2.05) is 0 Å². The summed E-state index contributed by atoms with van der Waals surface area (Å²) in [5, 5.41) is 0. The van der Waals surface area contributed by atoms with Gasteiger partial charge in [-0.15, -0.1) is 0 Å². The van der Waals surface area contributed by atoms with Crippen molar-refractivity contribution < 1.29 is 0 Å². The smallest absolute Gasteiger partial charge is 0.0205 e. The van der Waals surface area contributed by atoms with Gasteiger partial charge in [0.2, 0.25) is 0 Å². The fourth-order valence-electron chi connectivity index (χ4n) is 3.00. The lowest BCUT2D eigenvalue weighted by atomic mass is 9.61. The van der Waals surface area contributed by atoms with Gasteiger partial charge in [-0.1, -0.05) is 27.7 Å². The van der Waals surface area contributed by atoms with Crippen molar-refractivity contribution in [2.24, 2.45) is 16.9 Å². The van der Waals surface area contributed by atoms with E-state index in [1.54, 1.807) is 0 Å². The maximum atomic E-state index is 6.60. The van der Waals surface area contributed by atoms with Gasteiger partial charge in [0.15, 0.2) is 0 Å². The Morgan fingerprint density at radius 2 is 1.33 bits per heavy atom. The van der Waals surface area contributed by atoms with E-state index in [9.17, 15) is 0 Å². The van der Waals surface area contributed by atoms with Gasteiger partial charge in [-0.3, -0.25) is 0 Å². The second-order valence-corrected chi connectivity index (χ2v) is 4.74. The summed E-state index contributed by atoms with van der Waals surface area (Å²) in [6.07, 6.45) is 6.74. The van der Waals surface area contributed by atoms with Gasteiger partial charge >= 0.3 is 0 Å². The van der Waals surface area contributed by atoms with Crippen molar-refractivity contribution in [2.75, 3.05) is 6.54 Å². The van der Waals surface area contributed by atoms with Crippen molar-refractivity contribution in [1.82, 2.24) is 0 Å². The molecule has 0 atom stereocenters. The highest BCUT2D eigenvalue weighted by Gasteiger charge is 2.42. The first-order valence-electron chi connectivity index (χ1n) is 6.54. The van der Waals surface area contributed by atoms with E-state index in [4.69, 9.17) is 11.5 Å². The van der Waals surface area contributed by atoms with Crippen molar-refractivity contribution >= 4 is 0 Å². The van der Waals surface area contributed by atoms with Gasteiger partial charge in [-0.2, -0.15) is 0 Å². The predicted molar refractivity (Wildman–Crippen MR) is 68.8 cm³/mol. The Morgan fingerprint density at radius 3 is 1.60 bits per heavy atom. The second kappa shape index (κ2) is 6.49. The molecule has 0 aliphatic carbocycles. The Hall–Kier alpha value is -0.0800. The Kier molecular flexibility index (Phi) is 6.46. The summed E-state index contributed by atoms with van der Waals surface area (Å²) in [5.41, 5.74) is 12.5. The van der Waals surface area contributed by atoms with E-state index in [0.717, 1.165) is 25.8 Å². The molecule has 0 radical (unpaired) electrons. The summed E-state index contributed by atoms with van der Waals surface area (Å²) in [4.78, 5) is 0. The highest BCUT2D eigenvalue weighted by molar-refractivity contribution is 4.99. The summed E-state index contributed by atoms with van der Waals surface area (Å²) in [6, 6.07) is 0. The van der Waals surface area contributed by atoms with Gasteiger partial charge < -0.3 is 11.5 Å². The lowest BCUT2D eigenvalue weighted by molar-refractivity contribution is 0.0818. The van der Waals surface area contributed by atoms with Gasteiger partial charge in [0.05, 0.1) is 0 Å². The van der Waals surface area contributed by atoms with Crippen LogP contribution in [0.4, 0.5) is 0 Å². The van der Waals surface area contributed by atoms with Crippen LogP contribution in [-0.4, -0.2) is 12.1 Å². The Balaban J connectivity index is 4.87. The van der Waals surface area contributed by atoms with Gasteiger partial charge in [-0.25, -0.2) is 0 Å². The molecule has 0 bridgehead atoms. The molecule has 0 aliphatic heterocycles. The summed E-state index contributed by atoms with van der Waals surface area (Å²) in [7, 11) is 0. The average Bonchev–Trinajstić information content (AvgIpc) is 2.30. The molecular formula is C13H30N2. The molecule has 0 heterocycles. The molecule has 0 saturated heterocycles. The third-order valence-electron chi connectivity index (χ3n) is 4.53. The minimum atomic E-state index is -0.00826. The van der Waals surface area contributed by atoms with Crippen LogP contribution in [-0.2, 0) is 0 Å². The molecule has 92 valence electrons. The third-order valence-corrected chi connectivity index (χ3v) is 4.53. The number of nitrogens with two attached hydrogens (primary N) is 2. The van der Waals surface area contributed by atoms with E-state index in [0.29, 0.717) is 0 Å². The number of hydrogen-bond acceptors (Lipinski definition) is 2. The van der Waals surface area contributed by atoms with Gasteiger partial charge in [-0.05, 0) is 50.5 Å². The van der Waals surface area contributed by atoms with E-state index < -0.39 is 0 Å². The fraction of sp³-hybridized carbons (Fsp3) is 1.00. The first-order valence-corrected chi connectivity index (χ1v) is 6.54. The monoisotopic (exact) mass is 214 g/mol. The van der Waals surface area contributed by atoms with Crippen LogP contribution < -0.4 is 11.5 Å². The highest BCUT2D eigenvalue weighted by Crippen LogP contribution is 2.44. The summed E-state index contributed by atoms with van der Waals surface area (Å²) >= 11 is 0. The van der Waals surface area contributed by atoms with Crippen LogP contribution in [0.3, 0.4) is 0 Å². The van der Waals surface area contributed by atoms with Crippen LogP contribution >= 0.6 is 0 Å². The molecule has 0 aliphatic rings. The molecule has 0 aromatic carbocycles. The molecule has 4 N–H and O–H groups in total. The molecule has 0 unspecified atom stereocenters. The van der Waals surface area contributed by atoms with E-state index >= 15 is 0 Å². The largest absolute Gasteiger partial charge is 0.330 e. The fourth-order valence-corrected chi connectivity index (χ4v) is 3.00. The normalized spacial score (nSPS) is 13.2. The maximum absolute atomic E-state index is 6.60. The van der Waals surface area contributed by atoms with Crippen LogP contribution in [0.15, 0.2) is 0 Å².